The Morgan fingerprint density at radius 2 is 1.70 bits per heavy atom. The fourth-order valence-electron chi connectivity index (χ4n) is 5.38. The molecule has 238 valence electrons. The van der Waals surface area contributed by atoms with E-state index in [-0.39, 0.29) is 53.9 Å². The van der Waals surface area contributed by atoms with Crippen LogP contribution in [0.1, 0.15) is 42.4 Å². The Balaban J connectivity index is 0.00000442. The average molecular weight is 654 g/mol. The zero-order chi connectivity index (χ0) is 31.3. The molecule has 12 nitrogen and oxygen atoms in total. The molecule has 2 aliphatic rings. The van der Waals surface area contributed by atoms with Gasteiger partial charge in [-0.05, 0) is 58.2 Å². The molecule has 0 saturated carbocycles. The molecule has 44 heavy (non-hydrogen) atoms. The average Bonchev–Trinajstić information content (AvgIpc) is 3.43. The van der Waals surface area contributed by atoms with Gasteiger partial charge in [-0.1, -0.05) is 0 Å². The fraction of sp³-hybridized carbons (Fsp3) is 0.393. The van der Waals surface area contributed by atoms with Crippen molar-refractivity contribution in [2.45, 2.75) is 37.8 Å². The van der Waals surface area contributed by atoms with E-state index in [0.717, 1.165) is 53.0 Å². The number of amides is 1. The summed E-state index contributed by atoms with van der Waals surface area (Å²) in [6, 6.07) is 7.11. The van der Waals surface area contributed by atoms with Crippen LogP contribution in [0.25, 0.3) is 0 Å². The van der Waals surface area contributed by atoms with Crippen LogP contribution in [-0.4, -0.2) is 79.2 Å². The summed E-state index contributed by atoms with van der Waals surface area (Å²) in [5.74, 6) is -2.85. The number of fused-ring (bicyclic) bond motifs is 1. The summed E-state index contributed by atoms with van der Waals surface area (Å²) >= 11 is 0. The minimum absolute atomic E-state index is 0. The molecule has 1 amide bonds. The highest BCUT2D eigenvalue weighted by molar-refractivity contribution is 7.89. The molecule has 1 saturated heterocycles. The Hall–Kier alpha value is -3.79. The lowest BCUT2D eigenvalue weighted by molar-refractivity contribution is 0.102. The lowest BCUT2D eigenvalue weighted by Gasteiger charge is -2.34. The Morgan fingerprint density at radius 1 is 1.07 bits per heavy atom. The molecule has 3 heterocycles. The Labute approximate surface area is 260 Å². The number of halogens is 3. The molecule has 3 N–H and O–H groups in total. The van der Waals surface area contributed by atoms with Gasteiger partial charge < -0.3 is 25.6 Å². The van der Waals surface area contributed by atoms with Gasteiger partial charge in [0.25, 0.3) is 5.91 Å². The first-order valence-electron chi connectivity index (χ1n) is 13.7. The van der Waals surface area contributed by atoms with Gasteiger partial charge in [-0.2, -0.15) is 9.40 Å². The van der Waals surface area contributed by atoms with Crippen LogP contribution in [-0.2, 0) is 26.8 Å². The number of anilines is 3. The highest BCUT2D eigenvalue weighted by Crippen LogP contribution is 2.45. The van der Waals surface area contributed by atoms with E-state index in [1.807, 2.05) is 7.05 Å². The first kappa shape index (κ1) is 33.1. The van der Waals surface area contributed by atoms with E-state index in [1.165, 1.54) is 13.8 Å². The summed E-state index contributed by atoms with van der Waals surface area (Å²) in [6.07, 6.45) is -0.886. The van der Waals surface area contributed by atoms with Crippen molar-refractivity contribution >= 4 is 51.6 Å². The number of benzene rings is 2. The van der Waals surface area contributed by atoms with Crippen molar-refractivity contribution in [1.29, 1.82) is 0 Å². The molecule has 0 unspecified atom stereocenters. The van der Waals surface area contributed by atoms with E-state index in [0.29, 0.717) is 6.07 Å². The topological polar surface area (TPSA) is 143 Å². The van der Waals surface area contributed by atoms with Crippen LogP contribution in [0.5, 0.6) is 0 Å². The SMILES string of the molecule is CCOC(=O)n1nc2c(c1NC(=O)c1ccc(N3CCN(C)CC3)cc1N)CN(S(=O)(=O)c1cc(F)cc(F)c1)C2(C)C.Cl. The first-order chi connectivity index (χ1) is 20.2. The number of nitrogen functional groups attached to an aromatic ring is 1. The number of hydrogen-bond acceptors (Lipinski definition) is 9. The summed E-state index contributed by atoms with van der Waals surface area (Å²) < 4.78 is 62.1. The van der Waals surface area contributed by atoms with E-state index in [2.05, 4.69) is 20.2 Å². The number of ether oxygens (including phenoxy) is 1. The maximum absolute atomic E-state index is 14.0. The predicted molar refractivity (Wildman–Crippen MR) is 163 cm³/mol. The van der Waals surface area contributed by atoms with Crippen LogP contribution in [0.4, 0.5) is 30.8 Å². The molecule has 0 radical (unpaired) electrons. The second-order valence-electron chi connectivity index (χ2n) is 11.0. The van der Waals surface area contributed by atoms with Crippen molar-refractivity contribution in [3.63, 3.8) is 0 Å². The maximum atomic E-state index is 14.0. The van der Waals surface area contributed by atoms with Crippen LogP contribution in [0.2, 0.25) is 0 Å². The molecule has 3 aromatic rings. The van der Waals surface area contributed by atoms with Crippen LogP contribution in [0.3, 0.4) is 0 Å². The quantitative estimate of drug-likeness (QED) is 0.382. The standard InChI is InChI=1S/C28H33F2N7O5S.ClH/c1-5-42-27(39)37-25(32-26(38)21-7-6-19(15-23(21)31)35-10-8-34(4)9-11-35)22-16-36(28(2,3)24(22)33-37)43(40,41)20-13-17(29)12-18(30)14-20;/h6-7,12-15H,5,8-11,16,31H2,1-4H3,(H,32,38);1H. The number of nitrogens with zero attached hydrogens (tertiary/aromatic N) is 5. The number of carbonyl (C=O) groups excluding carboxylic acids is 2. The largest absolute Gasteiger partial charge is 0.448 e. The number of likely N-dealkylation sites (N-methyl/N-ethyl adjacent to an activating group) is 1. The van der Waals surface area contributed by atoms with Crippen molar-refractivity contribution in [2.75, 3.05) is 55.8 Å². The molecule has 5 rings (SSSR count). The van der Waals surface area contributed by atoms with Gasteiger partial charge in [-0.25, -0.2) is 22.0 Å². The van der Waals surface area contributed by atoms with Crippen molar-refractivity contribution in [2.24, 2.45) is 0 Å². The molecule has 1 fully saturated rings. The summed E-state index contributed by atoms with van der Waals surface area (Å²) in [4.78, 5) is 30.2. The maximum Gasteiger partial charge on any atom is 0.436 e. The molecule has 1 aromatic heterocycles. The van der Waals surface area contributed by atoms with Crippen molar-refractivity contribution in [3.8, 4) is 0 Å². The van der Waals surface area contributed by atoms with Gasteiger partial charge in [-0.3, -0.25) is 4.79 Å². The third-order valence-electron chi connectivity index (χ3n) is 7.73. The van der Waals surface area contributed by atoms with E-state index in [4.69, 9.17) is 10.5 Å². The Kier molecular flexibility index (Phi) is 9.26. The van der Waals surface area contributed by atoms with E-state index in [1.54, 1.807) is 25.1 Å². The van der Waals surface area contributed by atoms with Crippen molar-refractivity contribution in [3.05, 3.63) is 64.9 Å². The zero-order valence-corrected chi connectivity index (χ0v) is 26.3. The highest BCUT2D eigenvalue weighted by Gasteiger charge is 2.49. The van der Waals surface area contributed by atoms with Gasteiger partial charge in [0.2, 0.25) is 10.0 Å². The number of piperazine rings is 1. The highest BCUT2D eigenvalue weighted by atomic mass is 35.5. The second kappa shape index (κ2) is 12.3. The molecule has 2 aromatic carbocycles. The van der Waals surface area contributed by atoms with Gasteiger partial charge in [0.05, 0.1) is 28.3 Å². The summed E-state index contributed by atoms with van der Waals surface area (Å²) in [5, 5.41) is 7.02. The van der Waals surface area contributed by atoms with E-state index >= 15 is 0 Å². The molecule has 2 aliphatic heterocycles. The van der Waals surface area contributed by atoms with Gasteiger partial charge in [0.15, 0.2) is 0 Å². The Bertz CT molecular complexity index is 1690. The van der Waals surface area contributed by atoms with Crippen molar-refractivity contribution < 1.29 is 31.5 Å². The second-order valence-corrected chi connectivity index (χ2v) is 12.8. The number of nitrogens with one attached hydrogen (secondary N) is 1. The van der Waals surface area contributed by atoms with Crippen LogP contribution in [0, 0.1) is 11.6 Å². The minimum atomic E-state index is -4.45. The van der Waals surface area contributed by atoms with E-state index < -0.39 is 44.1 Å². The Morgan fingerprint density at radius 3 is 2.30 bits per heavy atom. The van der Waals surface area contributed by atoms with Gasteiger partial charge in [0, 0.05) is 55.7 Å². The monoisotopic (exact) mass is 653 g/mol. The normalized spacial score (nSPS) is 16.7. The van der Waals surface area contributed by atoms with Crippen LogP contribution >= 0.6 is 12.4 Å². The number of nitrogens with two attached hydrogens (primary N) is 1. The van der Waals surface area contributed by atoms with E-state index in [9.17, 15) is 26.8 Å². The van der Waals surface area contributed by atoms with Crippen LogP contribution in [0.15, 0.2) is 41.3 Å². The summed E-state index contributed by atoms with van der Waals surface area (Å²) in [6.45, 7) is 7.75. The number of hydrogen-bond donors (Lipinski definition) is 2. The number of sulfonamides is 1. The predicted octanol–water partition coefficient (Wildman–Crippen LogP) is 3.61. The zero-order valence-electron chi connectivity index (χ0n) is 24.6. The van der Waals surface area contributed by atoms with Crippen LogP contribution < -0.4 is 16.0 Å². The number of aromatic nitrogens is 2. The summed E-state index contributed by atoms with van der Waals surface area (Å²) in [7, 11) is -2.40. The minimum Gasteiger partial charge on any atom is -0.448 e. The lowest BCUT2D eigenvalue weighted by Crippen LogP contribution is -2.44. The number of rotatable bonds is 6. The molecular formula is C28H34ClF2N7O5S. The van der Waals surface area contributed by atoms with Crippen molar-refractivity contribution in [1.82, 2.24) is 19.0 Å². The third-order valence-corrected chi connectivity index (χ3v) is 9.73. The summed E-state index contributed by atoms with van der Waals surface area (Å²) in [5.41, 5.74) is 6.52. The van der Waals surface area contributed by atoms with Gasteiger partial charge >= 0.3 is 6.09 Å². The molecule has 0 bridgehead atoms. The number of carbonyl (C=O) groups is 2. The smallest absolute Gasteiger partial charge is 0.436 e. The molecule has 0 aliphatic carbocycles. The molecule has 16 heteroatoms. The molecule has 0 spiro atoms. The van der Waals surface area contributed by atoms with Gasteiger partial charge in [-0.15, -0.1) is 17.1 Å². The first-order valence-corrected chi connectivity index (χ1v) is 15.1. The molecular weight excluding hydrogens is 620 g/mol. The third kappa shape index (κ3) is 5.96. The molecule has 0 atom stereocenters. The lowest BCUT2D eigenvalue weighted by atomic mass is 10.0. The fourth-order valence-corrected chi connectivity index (χ4v) is 7.14. The van der Waals surface area contributed by atoms with Gasteiger partial charge in [0.1, 0.15) is 17.5 Å².